The highest BCUT2D eigenvalue weighted by Crippen LogP contribution is 2.23. The van der Waals surface area contributed by atoms with Crippen LogP contribution in [-0.4, -0.2) is 33.6 Å². The number of hydrogen-bond acceptors (Lipinski definition) is 7. The summed E-state index contributed by atoms with van der Waals surface area (Å²) in [5.74, 6) is 0.159. The topological polar surface area (TPSA) is 85.6 Å². The summed E-state index contributed by atoms with van der Waals surface area (Å²) in [5.41, 5.74) is 0. The average Bonchev–Trinajstić information content (AvgIpc) is 3.12. The fourth-order valence-corrected chi connectivity index (χ4v) is 9.41. The molecule has 0 heterocycles. The molecule has 0 aromatic carbocycles. The Hall–Kier alpha value is -1.04. The SMILES string of the molecule is CCCCCCCCCCCCCCCCCC(=O)O[Si](CCCCCSC#N)(OC)OC(=O)CCCCCCCCCCCCCCCCC. The molecule has 0 rings (SSSR count). The number of thioether (sulfide) groups is 1. The van der Waals surface area contributed by atoms with Crippen molar-refractivity contribution in [1.82, 2.24) is 0 Å². The Morgan fingerprint density at radius 1 is 0.471 bits per heavy atom. The third-order valence-electron chi connectivity index (χ3n) is 10.1. The summed E-state index contributed by atoms with van der Waals surface area (Å²) in [5, 5.41) is 10.9. The summed E-state index contributed by atoms with van der Waals surface area (Å²) in [6.45, 7) is 4.55. The minimum atomic E-state index is -3.45. The number of hydrogen-bond donors (Lipinski definition) is 0. The number of rotatable bonds is 41. The predicted octanol–water partition coefficient (Wildman–Crippen LogP) is 14.6. The first kappa shape index (κ1) is 50.0. The lowest BCUT2D eigenvalue weighted by molar-refractivity contribution is -0.145. The van der Waals surface area contributed by atoms with E-state index in [1.54, 1.807) is 0 Å². The molecule has 0 saturated carbocycles. The van der Waals surface area contributed by atoms with Gasteiger partial charge in [-0.25, -0.2) is 0 Å². The van der Waals surface area contributed by atoms with Gasteiger partial charge in [0.1, 0.15) is 5.40 Å². The molecular weight excluding hydrogens is 671 g/mol. The molecule has 0 unspecified atom stereocenters. The average molecular weight is 754 g/mol. The highest BCUT2D eigenvalue weighted by atomic mass is 32.2. The normalized spacial score (nSPS) is 11.5. The molecule has 0 radical (unpaired) electrons. The minimum absolute atomic E-state index is 0.307. The second-order valence-corrected chi connectivity index (χ2v) is 18.5. The Morgan fingerprint density at radius 3 is 1.06 bits per heavy atom. The summed E-state index contributed by atoms with van der Waals surface area (Å²) in [6.07, 6.45) is 41.6. The van der Waals surface area contributed by atoms with Crippen molar-refractivity contribution in [3.05, 3.63) is 0 Å². The fourth-order valence-electron chi connectivity index (χ4n) is 6.78. The van der Waals surface area contributed by atoms with Crippen molar-refractivity contribution < 1.29 is 22.9 Å². The van der Waals surface area contributed by atoms with Crippen LogP contribution in [0.4, 0.5) is 0 Å². The molecule has 0 aromatic rings. The first-order chi connectivity index (χ1) is 25.0. The molecule has 0 saturated heterocycles. The maximum absolute atomic E-state index is 12.9. The summed E-state index contributed by atoms with van der Waals surface area (Å²) in [7, 11) is -1.94. The van der Waals surface area contributed by atoms with E-state index in [0.29, 0.717) is 18.9 Å². The second-order valence-electron chi connectivity index (χ2n) is 15.0. The molecule has 0 bridgehead atoms. The van der Waals surface area contributed by atoms with Crippen molar-refractivity contribution in [3.63, 3.8) is 0 Å². The summed E-state index contributed by atoms with van der Waals surface area (Å²) in [6, 6.07) is 0.440. The molecule has 0 amide bonds. The van der Waals surface area contributed by atoms with Gasteiger partial charge in [-0.05, 0) is 37.4 Å². The van der Waals surface area contributed by atoms with Gasteiger partial charge in [0, 0.05) is 31.7 Å². The van der Waals surface area contributed by atoms with Gasteiger partial charge in [0.15, 0.2) is 0 Å². The zero-order valence-electron chi connectivity index (χ0n) is 34.1. The van der Waals surface area contributed by atoms with E-state index >= 15 is 0 Å². The van der Waals surface area contributed by atoms with Gasteiger partial charge in [0.05, 0.1) is 0 Å². The van der Waals surface area contributed by atoms with Crippen LogP contribution in [0, 0.1) is 10.7 Å². The first-order valence-electron chi connectivity index (χ1n) is 22.0. The Bertz CT molecular complexity index is 760. The zero-order chi connectivity index (χ0) is 37.4. The highest BCUT2D eigenvalue weighted by Gasteiger charge is 2.47. The standard InChI is InChI=1S/C43H83NO5SSi/c1-4-6-8-10-12-14-16-18-20-22-24-26-28-30-33-37-42(45)48-51(47-3,40-36-32-35-39-50-41-44)49-43(46)38-34-31-29-27-25-23-21-19-17-15-13-11-9-7-5-2/h4-40H2,1-3H3. The van der Waals surface area contributed by atoms with Crippen molar-refractivity contribution in [3.8, 4) is 5.40 Å². The lowest BCUT2D eigenvalue weighted by Gasteiger charge is -2.27. The summed E-state index contributed by atoms with van der Waals surface area (Å²) in [4.78, 5) is 25.8. The van der Waals surface area contributed by atoms with Crippen LogP contribution in [0.25, 0.3) is 0 Å². The van der Waals surface area contributed by atoms with Crippen molar-refractivity contribution >= 4 is 32.5 Å². The molecule has 0 N–H and O–H groups in total. The van der Waals surface area contributed by atoms with E-state index < -0.39 is 8.80 Å². The van der Waals surface area contributed by atoms with Crippen LogP contribution < -0.4 is 0 Å². The maximum Gasteiger partial charge on any atom is 0.635 e. The van der Waals surface area contributed by atoms with Gasteiger partial charge in [-0.2, -0.15) is 5.26 Å². The van der Waals surface area contributed by atoms with Crippen molar-refractivity contribution in [2.75, 3.05) is 12.9 Å². The fraction of sp³-hybridized carbons (Fsp3) is 0.930. The van der Waals surface area contributed by atoms with Gasteiger partial charge >= 0.3 is 8.80 Å². The summed E-state index contributed by atoms with van der Waals surface area (Å²) < 4.78 is 17.6. The van der Waals surface area contributed by atoms with Gasteiger partial charge in [0.2, 0.25) is 0 Å². The van der Waals surface area contributed by atoms with Crippen LogP contribution in [0.15, 0.2) is 0 Å². The quantitative estimate of drug-likeness (QED) is 0.0349. The monoisotopic (exact) mass is 754 g/mol. The van der Waals surface area contributed by atoms with Gasteiger partial charge in [-0.15, -0.1) is 0 Å². The second kappa shape index (κ2) is 40.1. The first-order valence-corrected chi connectivity index (χ1v) is 24.9. The molecule has 0 aliphatic carbocycles. The molecule has 0 aromatic heterocycles. The Balaban J connectivity index is 4.25. The number of thiocyanates is 1. The van der Waals surface area contributed by atoms with Crippen LogP contribution in [0.1, 0.15) is 239 Å². The van der Waals surface area contributed by atoms with Gasteiger partial charge < -0.3 is 13.3 Å². The number of nitrogens with zero attached hydrogens (tertiary/aromatic N) is 1. The Kier molecular flexibility index (Phi) is 39.3. The van der Waals surface area contributed by atoms with Crippen LogP contribution in [0.2, 0.25) is 6.04 Å². The van der Waals surface area contributed by atoms with E-state index in [1.165, 1.54) is 173 Å². The molecule has 0 atom stereocenters. The summed E-state index contributed by atoms with van der Waals surface area (Å²) >= 11 is 1.25. The highest BCUT2D eigenvalue weighted by molar-refractivity contribution is 8.03. The maximum atomic E-state index is 12.9. The van der Waals surface area contributed by atoms with Crippen molar-refractivity contribution in [1.29, 1.82) is 5.26 Å². The van der Waals surface area contributed by atoms with Crippen molar-refractivity contribution in [2.45, 2.75) is 245 Å². The molecule has 0 aliphatic heterocycles. The van der Waals surface area contributed by atoms with E-state index in [0.717, 1.165) is 63.5 Å². The Labute approximate surface area is 322 Å². The Morgan fingerprint density at radius 2 is 0.765 bits per heavy atom. The van der Waals surface area contributed by atoms with Crippen LogP contribution >= 0.6 is 11.8 Å². The number of carbonyl (C=O) groups excluding carboxylic acids is 2. The third kappa shape index (κ3) is 35.7. The third-order valence-corrected chi connectivity index (χ3v) is 13.4. The number of unbranched alkanes of at least 4 members (excludes halogenated alkanes) is 30. The van der Waals surface area contributed by atoms with E-state index in [-0.39, 0.29) is 11.9 Å². The van der Waals surface area contributed by atoms with Crippen LogP contribution in [0.5, 0.6) is 0 Å². The van der Waals surface area contributed by atoms with Crippen LogP contribution in [0.3, 0.4) is 0 Å². The molecule has 6 nitrogen and oxygen atoms in total. The smallest absolute Gasteiger partial charge is 0.464 e. The van der Waals surface area contributed by atoms with Gasteiger partial charge in [-0.1, -0.05) is 200 Å². The van der Waals surface area contributed by atoms with Gasteiger partial charge in [0.25, 0.3) is 11.9 Å². The number of carbonyl (C=O) groups is 2. The molecule has 8 heteroatoms. The molecule has 51 heavy (non-hydrogen) atoms. The lowest BCUT2D eigenvalue weighted by atomic mass is 10.0. The zero-order valence-corrected chi connectivity index (χ0v) is 35.9. The number of nitriles is 1. The molecule has 0 spiro atoms. The van der Waals surface area contributed by atoms with Gasteiger partial charge in [-0.3, -0.25) is 9.59 Å². The largest absolute Gasteiger partial charge is 0.635 e. The molecule has 0 fully saturated rings. The van der Waals surface area contributed by atoms with Crippen molar-refractivity contribution in [2.24, 2.45) is 0 Å². The lowest BCUT2D eigenvalue weighted by Crippen LogP contribution is -2.48. The molecular formula is C43H83NO5SSi. The minimum Gasteiger partial charge on any atom is -0.464 e. The van der Waals surface area contributed by atoms with E-state index in [9.17, 15) is 9.59 Å². The molecule has 300 valence electrons. The molecule has 0 aliphatic rings. The van der Waals surface area contributed by atoms with E-state index in [2.05, 4.69) is 19.2 Å². The van der Waals surface area contributed by atoms with Crippen LogP contribution in [-0.2, 0) is 22.9 Å². The van der Waals surface area contributed by atoms with E-state index in [1.807, 2.05) is 0 Å². The predicted molar refractivity (Wildman–Crippen MR) is 221 cm³/mol. The van der Waals surface area contributed by atoms with E-state index in [4.69, 9.17) is 18.5 Å².